The van der Waals surface area contributed by atoms with Gasteiger partial charge in [-0.2, -0.15) is 0 Å². The number of aryl methyl sites for hydroxylation is 2. The monoisotopic (exact) mass is 347 g/mol. The van der Waals surface area contributed by atoms with E-state index in [1.807, 2.05) is 31.2 Å². The third-order valence-corrected chi connectivity index (χ3v) is 5.11. The van der Waals surface area contributed by atoms with Gasteiger partial charge in [-0.25, -0.2) is 4.98 Å². The molecule has 0 fully saturated rings. The fourth-order valence-electron chi connectivity index (χ4n) is 2.10. The van der Waals surface area contributed by atoms with Crippen LogP contribution in [0.25, 0.3) is 10.2 Å². The topological polar surface area (TPSA) is 50.9 Å². The summed E-state index contributed by atoms with van der Waals surface area (Å²) in [6.45, 7) is 4.07. The zero-order chi connectivity index (χ0) is 14.3. The van der Waals surface area contributed by atoms with Crippen LogP contribution in [0.3, 0.4) is 0 Å². The Morgan fingerprint density at radius 2 is 2.00 bits per heavy atom. The van der Waals surface area contributed by atoms with Crippen LogP contribution in [0.1, 0.15) is 10.6 Å². The number of halogens is 1. The Kier molecular flexibility index (Phi) is 3.40. The number of aromatic nitrogens is 1. The minimum absolute atomic E-state index is 0.731. The van der Waals surface area contributed by atoms with Gasteiger partial charge in [0, 0.05) is 4.47 Å². The first-order chi connectivity index (χ1) is 9.54. The van der Waals surface area contributed by atoms with Crippen molar-refractivity contribution in [2.75, 3.05) is 11.1 Å². The molecule has 102 valence electrons. The Morgan fingerprint density at radius 1 is 1.20 bits per heavy atom. The van der Waals surface area contributed by atoms with Gasteiger partial charge in [-0.05, 0) is 53.5 Å². The van der Waals surface area contributed by atoms with Gasteiger partial charge in [0.05, 0.1) is 32.3 Å². The Bertz CT molecular complexity index is 795. The lowest BCUT2D eigenvalue weighted by atomic mass is 10.2. The second-order valence-electron chi connectivity index (χ2n) is 4.70. The lowest BCUT2D eigenvalue weighted by molar-refractivity contribution is 1.34. The highest BCUT2D eigenvalue weighted by Gasteiger charge is 2.08. The van der Waals surface area contributed by atoms with Gasteiger partial charge in [0.1, 0.15) is 0 Å². The molecule has 0 atom stereocenters. The molecular weight excluding hydrogens is 334 g/mol. The third kappa shape index (κ3) is 2.39. The van der Waals surface area contributed by atoms with Crippen LogP contribution < -0.4 is 11.1 Å². The van der Waals surface area contributed by atoms with E-state index < -0.39 is 0 Å². The second-order valence-corrected chi connectivity index (χ2v) is 6.73. The normalized spacial score (nSPS) is 10.9. The van der Waals surface area contributed by atoms with Gasteiger partial charge in [0.15, 0.2) is 0 Å². The summed E-state index contributed by atoms with van der Waals surface area (Å²) in [7, 11) is 0. The van der Waals surface area contributed by atoms with Crippen LogP contribution in [-0.2, 0) is 0 Å². The van der Waals surface area contributed by atoms with Gasteiger partial charge < -0.3 is 11.1 Å². The summed E-state index contributed by atoms with van der Waals surface area (Å²) in [6.07, 6.45) is 0. The summed E-state index contributed by atoms with van der Waals surface area (Å²) in [4.78, 5) is 4.51. The van der Waals surface area contributed by atoms with E-state index in [0.29, 0.717) is 0 Å². The molecule has 0 saturated carbocycles. The number of anilines is 3. The highest BCUT2D eigenvalue weighted by Crippen LogP contribution is 2.34. The third-order valence-electron chi connectivity index (χ3n) is 3.13. The van der Waals surface area contributed by atoms with E-state index in [1.54, 1.807) is 11.3 Å². The van der Waals surface area contributed by atoms with Crippen molar-refractivity contribution in [3.8, 4) is 0 Å². The van der Waals surface area contributed by atoms with Crippen molar-refractivity contribution >= 4 is 54.5 Å². The molecule has 3 N–H and O–H groups in total. The second kappa shape index (κ2) is 5.07. The van der Waals surface area contributed by atoms with Crippen LogP contribution >= 0.6 is 27.3 Å². The number of rotatable bonds is 2. The fourth-order valence-corrected chi connectivity index (χ4v) is 3.32. The quantitative estimate of drug-likeness (QED) is 0.641. The molecule has 0 aliphatic rings. The fraction of sp³-hybridized carbons (Fsp3) is 0.133. The number of benzene rings is 2. The SMILES string of the molecule is Cc1nc2cc(Nc3cccc(C)c3Br)c(N)cc2s1. The molecule has 0 aliphatic carbocycles. The highest BCUT2D eigenvalue weighted by atomic mass is 79.9. The molecule has 0 aliphatic heterocycles. The summed E-state index contributed by atoms with van der Waals surface area (Å²) in [5.41, 5.74) is 10.9. The molecule has 0 unspecified atom stereocenters. The van der Waals surface area contributed by atoms with E-state index in [1.165, 1.54) is 5.56 Å². The molecule has 3 aromatic rings. The first-order valence-corrected chi connectivity index (χ1v) is 7.84. The number of nitrogens with one attached hydrogen (secondary N) is 1. The number of nitrogen functional groups attached to an aromatic ring is 1. The van der Waals surface area contributed by atoms with Crippen LogP contribution in [0.4, 0.5) is 17.1 Å². The van der Waals surface area contributed by atoms with Gasteiger partial charge in [-0.15, -0.1) is 11.3 Å². The summed E-state index contributed by atoms with van der Waals surface area (Å²) in [5.74, 6) is 0. The molecule has 0 spiro atoms. The molecule has 0 saturated heterocycles. The number of thiazole rings is 1. The molecule has 1 aromatic heterocycles. The summed E-state index contributed by atoms with van der Waals surface area (Å²) in [6, 6.07) is 10.1. The molecule has 5 heteroatoms. The van der Waals surface area contributed by atoms with Crippen LogP contribution in [0.2, 0.25) is 0 Å². The predicted molar refractivity (Wildman–Crippen MR) is 90.9 cm³/mol. The van der Waals surface area contributed by atoms with Crippen molar-refractivity contribution in [1.82, 2.24) is 4.98 Å². The van der Waals surface area contributed by atoms with E-state index in [9.17, 15) is 0 Å². The van der Waals surface area contributed by atoms with E-state index in [0.717, 1.165) is 36.8 Å². The van der Waals surface area contributed by atoms with Crippen molar-refractivity contribution in [3.63, 3.8) is 0 Å². The minimum atomic E-state index is 0.731. The lowest BCUT2D eigenvalue weighted by Gasteiger charge is -2.12. The van der Waals surface area contributed by atoms with Crippen LogP contribution in [0.5, 0.6) is 0 Å². The summed E-state index contributed by atoms with van der Waals surface area (Å²) < 4.78 is 2.17. The smallest absolute Gasteiger partial charge is 0.0907 e. The molecule has 1 heterocycles. The van der Waals surface area contributed by atoms with Crippen molar-refractivity contribution in [1.29, 1.82) is 0 Å². The highest BCUT2D eigenvalue weighted by molar-refractivity contribution is 9.10. The van der Waals surface area contributed by atoms with Crippen molar-refractivity contribution in [2.24, 2.45) is 0 Å². The minimum Gasteiger partial charge on any atom is -0.397 e. The Labute approximate surface area is 130 Å². The van der Waals surface area contributed by atoms with Gasteiger partial charge in [-0.1, -0.05) is 12.1 Å². The number of nitrogens with two attached hydrogens (primary N) is 1. The standard InChI is InChI=1S/C15H14BrN3S/c1-8-4-3-5-11(15(8)16)19-12-7-13-14(6-10(12)17)20-9(2)18-13/h3-7,19H,17H2,1-2H3. The number of hydrogen-bond donors (Lipinski definition) is 2. The number of fused-ring (bicyclic) bond motifs is 1. The molecule has 0 amide bonds. The van der Waals surface area contributed by atoms with Crippen molar-refractivity contribution < 1.29 is 0 Å². The largest absolute Gasteiger partial charge is 0.397 e. The van der Waals surface area contributed by atoms with E-state index in [4.69, 9.17) is 5.73 Å². The zero-order valence-electron chi connectivity index (χ0n) is 11.2. The van der Waals surface area contributed by atoms with Gasteiger partial charge in [0.25, 0.3) is 0 Å². The Balaban J connectivity index is 2.05. The molecular formula is C15H14BrN3S. The van der Waals surface area contributed by atoms with Crippen molar-refractivity contribution in [3.05, 3.63) is 45.4 Å². The van der Waals surface area contributed by atoms with E-state index >= 15 is 0 Å². The summed E-state index contributed by atoms with van der Waals surface area (Å²) in [5, 5.41) is 4.42. The molecule has 20 heavy (non-hydrogen) atoms. The Morgan fingerprint density at radius 3 is 2.80 bits per heavy atom. The molecule has 0 bridgehead atoms. The maximum absolute atomic E-state index is 6.13. The van der Waals surface area contributed by atoms with E-state index in [-0.39, 0.29) is 0 Å². The molecule has 2 aromatic carbocycles. The van der Waals surface area contributed by atoms with Gasteiger partial charge in [-0.3, -0.25) is 0 Å². The van der Waals surface area contributed by atoms with Gasteiger partial charge in [0.2, 0.25) is 0 Å². The predicted octanol–water partition coefficient (Wildman–Crippen LogP) is 5.00. The van der Waals surface area contributed by atoms with Crippen LogP contribution in [0, 0.1) is 13.8 Å². The Hall–Kier alpha value is -1.59. The molecule has 0 radical (unpaired) electrons. The van der Waals surface area contributed by atoms with Crippen LogP contribution in [0.15, 0.2) is 34.8 Å². The average molecular weight is 348 g/mol. The van der Waals surface area contributed by atoms with E-state index in [2.05, 4.69) is 39.2 Å². The van der Waals surface area contributed by atoms with Crippen molar-refractivity contribution in [2.45, 2.75) is 13.8 Å². The molecule has 3 nitrogen and oxygen atoms in total. The zero-order valence-corrected chi connectivity index (χ0v) is 13.6. The number of nitrogens with zero attached hydrogens (tertiary/aromatic N) is 1. The van der Waals surface area contributed by atoms with Gasteiger partial charge >= 0.3 is 0 Å². The molecule has 3 rings (SSSR count). The van der Waals surface area contributed by atoms with Crippen LogP contribution in [-0.4, -0.2) is 4.98 Å². The maximum Gasteiger partial charge on any atom is 0.0907 e. The first kappa shape index (κ1) is 13.4. The number of hydrogen-bond acceptors (Lipinski definition) is 4. The lowest BCUT2D eigenvalue weighted by Crippen LogP contribution is -1.97. The maximum atomic E-state index is 6.13. The summed E-state index contributed by atoms with van der Waals surface area (Å²) >= 11 is 5.26. The average Bonchev–Trinajstić information content (AvgIpc) is 2.74. The first-order valence-electron chi connectivity index (χ1n) is 6.23.